The number of ether oxygens (including phenoxy) is 2. The number of hydrogen-bond donors (Lipinski definition) is 1. The lowest BCUT2D eigenvalue weighted by molar-refractivity contribution is -0.121. The number of halogens is 3. The fraction of sp³-hybridized carbons (Fsp3) is 0.812. The molecular weight excluding hydrogens is 361 g/mol. The van der Waals surface area contributed by atoms with Crippen LogP contribution in [-0.2, 0) is 14.3 Å². The predicted octanol–water partition coefficient (Wildman–Crippen LogP) is 4.62. The molecule has 0 rings (SSSR count). The van der Waals surface area contributed by atoms with Gasteiger partial charge in [-0.1, -0.05) is 80.6 Å². The molecule has 0 aromatic carbocycles. The molecule has 0 heterocycles. The van der Waals surface area contributed by atoms with Gasteiger partial charge in [-0.15, -0.1) is 0 Å². The van der Waals surface area contributed by atoms with E-state index in [1.807, 2.05) is 32.9 Å². The van der Waals surface area contributed by atoms with Crippen LogP contribution in [0.25, 0.3) is 0 Å². The van der Waals surface area contributed by atoms with Crippen LogP contribution in [-0.4, -0.2) is 35.2 Å². The van der Waals surface area contributed by atoms with Crippen molar-refractivity contribution in [3.8, 4) is 0 Å². The summed E-state index contributed by atoms with van der Waals surface area (Å²) in [5.41, 5.74) is -0.611. The number of amides is 1. The maximum atomic E-state index is 12.0. The van der Waals surface area contributed by atoms with Gasteiger partial charge in [0.1, 0.15) is 6.79 Å². The molecule has 0 saturated carbocycles. The lowest BCUT2D eigenvalue weighted by Crippen LogP contribution is -2.49. The summed E-state index contributed by atoms with van der Waals surface area (Å²) < 4.78 is 8.59. The van der Waals surface area contributed by atoms with E-state index >= 15 is 0 Å². The van der Waals surface area contributed by atoms with Crippen LogP contribution in [0.2, 0.25) is 0 Å². The molecule has 0 aliphatic carbocycles. The van der Waals surface area contributed by atoms with Crippen molar-refractivity contribution >= 4 is 40.7 Å². The normalized spacial score (nSPS) is 16.6. The Labute approximate surface area is 154 Å². The zero-order chi connectivity index (χ0) is 18.1. The molecular formula is C16H28Cl3NO3. The van der Waals surface area contributed by atoms with E-state index < -0.39 is 15.2 Å². The molecule has 0 spiro atoms. The Morgan fingerprint density at radius 3 is 2.35 bits per heavy atom. The number of rotatable bonds is 10. The van der Waals surface area contributed by atoms with Gasteiger partial charge in [-0.2, -0.15) is 0 Å². The molecule has 0 unspecified atom stereocenters. The molecule has 0 aromatic rings. The first-order valence-electron chi connectivity index (χ1n) is 7.75. The Morgan fingerprint density at radius 2 is 1.91 bits per heavy atom. The van der Waals surface area contributed by atoms with E-state index in [9.17, 15) is 4.79 Å². The number of nitrogens with one attached hydrogen (secondary N) is 1. The van der Waals surface area contributed by atoms with Gasteiger partial charge in [0, 0.05) is 7.11 Å². The van der Waals surface area contributed by atoms with Crippen LogP contribution in [0, 0.1) is 5.92 Å². The number of carbonyl (C=O) groups is 1. The van der Waals surface area contributed by atoms with Crippen LogP contribution in [0.4, 0.5) is 0 Å². The van der Waals surface area contributed by atoms with Crippen LogP contribution in [0.15, 0.2) is 12.2 Å². The van der Waals surface area contributed by atoms with Crippen LogP contribution < -0.4 is 5.32 Å². The molecule has 0 aliphatic rings. The summed E-state index contributed by atoms with van der Waals surface area (Å²) in [5, 5.41) is 2.81. The maximum absolute atomic E-state index is 12.0. The first-order valence-corrected chi connectivity index (χ1v) is 8.88. The fourth-order valence-corrected chi connectivity index (χ4v) is 2.13. The van der Waals surface area contributed by atoms with Crippen molar-refractivity contribution < 1.29 is 14.3 Å². The highest BCUT2D eigenvalue weighted by Crippen LogP contribution is 2.28. The summed E-state index contributed by atoms with van der Waals surface area (Å²) in [5.74, 6) is -0.370. The van der Waals surface area contributed by atoms with E-state index in [2.05, 4.69) is 12.2 Å². The maximum Gasteiger partial charge on any atom is 0.272 e. The van der Waals surface area contributed by atoms with Crippen molar-refractivity contribution in [3.05, 3.63) is 12.2 Å². The largest absolute Gasteiger partial charge is 0.359 e. The van der Waals surface area contributed by atoms with E-state index in [4.69, 9.17) is 44.3 Å². The highest BCUT2D eigenvalue weighted by molar-refractivity contribution is 6.76. The van der Waals surface area contributed by atoms with E-state index in [0.717, 1.165) is 19.3 Å². The number of unbranched alkanes of at least 4 members (excludes halogenated alkanes) is 1. The van der Waals surface area contributed by atoms with Crippen LogP contribution in [0.1, 0.15) is 47.0 Å². The van der Waals surface area contributed by atoms with Gasteiger partial charge < -0.3 is 14.8 Å². The van der Waals surface area contributed by atoms with Gasteiger partial charge >= 0.3 is 0 Å². The van der Waals surface area contributed by atoms with Crippen LogP contribution >= 0.6 is 34.8 Å². The summed E-state index contributed by atoms with van der Waals surface area (Å²) in [6.45, 7) is 8.29. The lowest BCUT2D eigenvalue weighted by Gasteiger charge is -2.30. The highest BCUT2D eigenvalue weighted by Gasteiger charge is 2.35. The van der Waals surface area contributed by atoms with Gasteiger partial charge in [0.15, 0.2) is 0 Å². The summed E-state index contributed by atoms with van der Waals surface area (Å²) in [4.78, 5) is 12.0. The highest BCUT2D eigenvalue weighted by atomic mass is 35.6. The summed E-state index contributed by atoms with van der Waals surface area (Å²) in [7, 11) is 1.58. The third-order valence-electron chi connectivity index (χ3n) is 3.40. The van der Waals surface area contributed by atoms with Crippen LogP contribution in [0.5, 0.6) is 0 Å². The Bertz CT molecular complexity index is 383. The minimum Gasteiger partial charge on any atom is -0.359 e. The Kier molecular flexibility index (Phi) is 10.8. The fourth-order valence-electron chi connectivity index (χ4n) is 1.99. The molecule has 4 nitrogen and oxygen atoms in total. The lowest BCUT2D eigenvalue weighted by atomic mass is 9.92. The second kappa shape index (κ2) is 10.8. The zero-order valence-electron chi connectivity index (χ0n) is 14.5. The molecule has 1 N–H and O–H groups in total. The average Bonchev–Trinajstić information content (AvgIpc) is 2.44. The van der Waals surface area contributed by atoms with Crippen LogP contribution in [0.3, 0.4) is 0 Å². The van der Waals surface area contributed by atoms with Crippen molar-refractivity contribution in [3.63, 3.8) is 0 Å². The average molecular weight is 389 g/mol. The van der Waals surface area contributed by atoms with E-state index in [1.54, 1.807) is 7.11 Å². The second-order valence-corrected chi connectivity index (χ2v) is 8.40. The van der Waals surface area contributed by atoms with Gasteiger partial charge in [-0.25, -0.2) is 0 Å². The molecule has 1 amide bonds. The predicted molar refractivity (Wildman–Crippen MR) is 97.1 cm³/mol. The monoisotopic (exact) mass is 387 g/mol. The van der Waals surface area contributed by atoms with E-state index in [-0.39, 0.29) is 18.8 Å². The Morgan fingerprint density at radius 1 is 1.30 bits per heavy atom. The SMILES string of the molecule is CCCC[C@@](C)(/C=C/[C@@H](OCOC)C(C)C)NC(=O)C(Cl)(Cl)Cl. The minimum absolute atomic E-state index is 0.124. The molecule has 0 radical (unpaired) electrons. The number of alkyl halides is 3. The third kappa shape index (κ3) is 9.78. The summed E-state index contributed by atoms with van der Waals surface area (Å²) in [6, 6.07) is 0. The molecule has 0 fully saturated rings. The van der Waals surface area contributed by atoms with Gasteiger partial charge in [0.25, 0.3) is 9.70 Å². The molecule has 136 valence electrons. The summed E-state index contributed by atoms with van der Waals surface area (Å²) >= 11 is 17.0. The van der Waals surface area contributed by atoms with Crippen molar-refractivity contribution in [2.24, 2.45) is 5.92 Å². The minimum atomic E-state index is -1.98. The molecule has 0 aromatic heterocycles. The van der Waals surface area contributed by atoms with Gasteiger partial charge in [0.05, 0.1) is 11.6 Å². The number of carbonyl (C=O) groups excluding carboxylic acids is 1. The van der Waals surface area contributed by atoms with Gasteiger partial charge in [-0.05, 0) is 19.3 Å². The smallest absolute Gasteiger partial charge is 0.272 e. The molecule has 0 aliphatic heterocycles. The number of methoxy groups -OCH3 is 1. The van der Waals surface area contributed by atoms with E-state index in [0.29, 0.717) is 0 Å². The second-order valence-electron chi connectivity index (χ2n) is 6.11. The van der Waals surface area contributed by atoms with Gasteiger partial charge in [-0.3, -0.25) is 4.79 Å². The standard InChI is InChI=1S/C16H28Cl3NO3/c1-6-7-9-15(4,20-14(21)16(17,18)19)10-8-13(12(2)3)23-11-22-5/h8,10,12-13H,6-7,9,11H2,1-5H3,(H,20,21)/b10-8+/t13-,15+/m1/s1. The van der Waals surface area contributed by atoms with Crippen molar-refractivity contribution in [1.82, 2.24) is 5.32 Å². The Hall–Kier alpha value is -0.000000000000000111. The van der Waals surface area contributed by atoms with Crippen molar-refractivity contribution in [2.45, 2.75) is 62.4 Å². The molecule has 23 heavy (non-hydrogen) atoms. The first kappa shape index (κ1) is 23.0. The first-order chi connectivity index (χ1) is 10.6. The van der Waals surface area contributed by atoms with Gasteiger partial charge in [0.2, 0.25) is 0 Å². The molecule has 7 heteroatoms. The Balaban J connectivity index is 5.12. The quantitative estimate of drug-likeness (QED) is 0.337. The van der Waals surface area contributed by atoms with Crippen molar-refractivity contribution in [2.75, 3.05) is 13.9 Å². The molecule has 0 bridgehead atoms. The molecule has 0 saturated heterocycles. The third-order valence-corrected chi connectivity index (χ3v) is 3.91. The van der Waals surface area contributed by atoms with E-state index in [1.165, 1.54) is 0 Å². The van der Waals surface area contributed by atoms with Crippen molar-refractivity contribution in [1.29, 1.82) is 0 Å². The number of hydrogen-bond acceptors (Lipinski definition) is 3. The topological polar surface area (TPSA) is 47.6 Å². The summed E-state index contributed by atoms with van der Waals surface area (Å²) in [6.07, 6.45) is 6.39. The molecule has 2 atom stereocenters. The zero-order valence-corrected chi connectivity index (χ0v) is 16.8.